The van der Waals surface area contributed by atoms with E-state index in [0.29, 0.717) is 0 Å². The Morgan fingerprint density at radius 3 is 1.00 bits per heavy atom. The number of hydrogen-bond acceptors (Lipinski definition) is 2. The zero-order valence-electron chi connectivity index (χ0n) is 66.6. The lowest BCUT2D eigenvalue weighted by Gasteiger charge is -2.46. The van der Waals surface area contributed by atoms with Crippen molar-refractivity contribution in [2.24, 2.45) is 0 Å². The minimum absolute atomic E-state index is 0.0469. The number of benzene rings is 16. The van der Waals surface area contributed by atoms with Gasteiger partial charge in [0.1, 0.15) is 0 Å². The predicted octanol–water partition coefficient (Wildman–Crippen LogP) is 27.5. The van der Waals surface area contributed by atoms with Gasteiger partial charge in [0.2, 0.25) is 0 Å². The fraction of sp³-hybridized carbons (Fsp3) is 0.189. The van der Waals surface area contributed by atoms with Crippen molar-refractivity contribution in [3.63, 3.8) is 0 Å². The summed E-state index contributed by atoms with van der Waals surface area (Å²) in [4.78, 5) is 5.52. The van der Waals surface area contributed by atoms with Crippen molar-refractivity contribution in [2.45, 2.75) is 131 Å². The van der Waals surface area contributed by atoms with Gasteiger partial charge in [-0.2, -0.15) is 0 Å². The van der Waals surface area contributed by atoms with Gasteiger partial charge in [-0.25, -0.2) is 0 Å². The van der Waals surface area contributed by atoms with Gasteiger partial charge in [-0.3, -0.25) is 0 Å². The zero-order chi connectivity index (χ0) is 76.3. The Balaban J connectivity index is 0.959. The Kier molecular flexibility index (Phi) is 15.0. The number of rotatable bonds is 8. The van der Waals surface area contributed by atoms with E-state index in [1.807, 2.05) is 0 Å². The van der Waals surface area contributed by atoms with Gasteiger partial charge in [0.25, 0.3) is 6.71 Å². The molecule has 0 bridgehead atoms. The minimum Gasteiger partial charge on any atom is -0.310 e. The van der Waals surface area contributed by atoms with Crippen LogP contribution in [0, 0.1) is 0 Å². The summed E-state index contributed by atoms with van der Waals surface area (Å²) in [5.74, 6) is 0. The van der Waals surface area contributed by atoms with Crippen LogP contribution in [0.25, 0.3) is 132 Å². The number of nitrogens with zero attached hydrogens (tertiary/aromatic N) is 4. The molecule has 0 amide bonds. The first-order valence-electron chi connectivity index (χ1n) is 39.9. The maximum atomic E-state index is 2.77. The molecule has 0 saturated carbocycles. The molecule has 2 aromatic heterocycles. The smallest absolute Gasteiger partial charge is 0.252 e. The second-order valence-corrected chi connectivity index (χ2v) is 36.9. The van der Waals surface area contributed by atoms with Crippen LogP contribution in [0.1, 0.15) is 132 Å². The second-order valence-electron chi connectivity index (χ2n) is 36.9. The topological polar surface area (TPSA) is 16.3 Å². The number of anilines is 6. The van der Waals surface area contributed by atoms with Gasteiger partial charge in [0, 0.05) is 77.9 Å². The van der Waals surface area contributed by atoms with Crippen LogP contribution in [-0.4, -0.2) is 15.8 Å². The first kappa shape index (κ1) is 68.4. The largest absolute Gasteiger partial charge is 0.310 e. The molecule has 0 aliphatic carbocycles. The van der Waals surface area contributed by atoms with Crippen LogP contribution in [0.2, 0.25) is 0 Å². The lowest BCUT2D eigenvalue weighted by molar-refractivity contribution is 0.590. The van der Waals surface area contributed by atoms with E-state index in [2.05, 4.69) is 414 Å². The van der Waals surface area contributed by atoms with E-state index in [9.17, 15) is 0 Å². The Morgan fingerprint density at radius 2 is 0.595 bits per heavy atom. The van der Waals surface area contributed by atoms with E-state index < -0.39 is 0 Å². The molecule has 2 aliphatic heterocycles. The average Bonchev–Trinajstić information content (AvgIpc) is 1.52. The molecular weight excluding hydrogens is 1340 g/mol. The van der Waals surface area contributed by atoms with Gasteiger partial charge in [-0.1, -0.05) is 334 Å². The molecule has 5 heteroatoms. The fourth-order valence-corrected chi connectivity index (χ4v) is 18.9. The second kappa shape index (κ2) is 24.3. The molecule has 540 valence electrons. The molecule has 0 N–H and O–H groups in total. The zero-order valence-corrected chi connectivity index (χ0v) is 66.6. The summed E-state index contributed by atoms with van der Waals surface area (Å²) in [5.41, 5.74) is 32.7. The highest BCUT2D eigenvalue weighted by atomic mass is 15.2. The van der Waals surface area contributed by atoms with Gasteiger partial charge in [0.15, 0.2) is 0 Å². The summed E-state index contributed by atoms with van der Waals surface area (Å²) in [7, 11) is 0. The van der Waals surface area contributed by atoms with Gasteiger partial charge in [-0.15, -0.1) is 0 Å². The summed E-state index contributed by atoms with van der Waals surface area (Å²) in [5, 5.41) is 12.9. The molecule has 0 radical (unpaired) electrons. The van der Waals surface area contributed by atoms with Crippen molar-refractivity contribution in [3.05, 3.63) is 319 Å². The first-order valence-corrected chi connectivity index (χ1v) is 39.9. The standard InChI is InChI=1S/C106H93BN4/c1-102(2,3)70-48-42-64(43-49-70)77-34-24-36-79(68-28-20-30-72(58-68)104(7,8)9)100(77)110-91-62-75(108-87-40-18-16-32-81(87)82-33-17-19-41-88(82)108)52-54-85(91)107-86-55-53-76(109-89-56-46-66-26-22-38-83-84-39-23-27-67-47-57-90(109)98(96(67)84)97(89)95(66)83)63-92(86)111(94-61-74(106(13,14)15)60-93(110)99(94)107)101-78(65-44-50-71(51-45-65)103(4,5)6)35-25-37-80(101)69-29-21-31-73(59-69)105(10,11)12/h16-63H,1-15H3. The Bertz CT molecular complexity index is 6690. The molecule has 111 heavy (non-hydrogen) atoms. The molecule has 0 unspecified atom stereocenters. The van der Waals surface area contributed by atoms with E-state index >= 15 is 0 Å². The molecule has 0 spiro atoms. The maximum absolute atomic E-state index is 2.77. The van der Waals surface area contributed by atoms with E-state index in [1.54, 1.807) is 0 Å². The van der Waals surface area contributed by atoms with E-state index in [-0.39, 0.29) is 33.8 Å². The Labute approximate surface area is 653 Å². The normalized spacial score (nSPS) is 13.5. The summed E-state index contributed by atoms with van der Waals surface area (Å²) in [6.45, 7) is 35.0. The van der Waals surface area contributed by atoms with Crippen molar-refractivity contribution in [2.75, 3.05) is 9.80 Å². The number of fused-ring (bicyclic) bond motifs is 8. The van der Waals surface area contributed by atoms with E-state index in [0.717, 1.165) is 78.9 Å². The van der Waals surface area contributed by atoms with Gasteiger partial charge in [-0.05, 0) is 187 Å². The van der Waals surface area contributed by atoms with Gasteiger partial charge >= 0.3 is 0 Å². The third kappa shape index (κ3) is 10.6. The molecule has 2 aliphatic rings. The molecular formula is C106H93BN4. The fourth-order valence-electron chi connectivity index (χ4n) is 18.9. The van der Waals surface area contributed by atoms with Crippen LogP contribution in [0.3, 0.4) is 0 Å². The molecule has 0 fully saturated rings. The lowest BCUT2D eigenvalue weighted by atomic mass is 9.33. The van der Waals surface area contributed by atoms with Crippen LogP contribution in [0.5, 0.6) is 0 Å². The first-order chi connectivity index (χ1) is 53.2. The quantitative estimate of drug-likeness (QED) is 0.0856. The maximum Gasteiger partial charge on any atom is 0.252 e. The van der Waals surface area contributed by atoms with Crippen LogP contribution < -0.4 is 26.2 Å². The van der Waals surface area contributed by atoms with E-state index in [1.165, 1.54) is 131 Å². The molecule has 4 heterocycles. The van der Waals surface area contributed by atoms with Crippen molar-refractivity contribution >= 4 is 133 Å². The highest BCUT2D eigenvalue weighted by Crippen LogP contribution is 2.56. The highest BCUT2D eigenvalue weighted by molar-refractivity contribution is 7.00. The Hall–Kier alpha value is -11.9. The highest BCUT2D eigenvalue weighted by Gasteiger charge is 2.47. The number of para-hydroxylation sites is 4. The van der Waals surface area contributed by atoms with Gasteiger partial charge in [0.05, 0.1) is 33.4 Å². The molecule has 16 aromatic carbocycles. The minimum atomic E-state index is -0.345. The molecule has 0 saturated heterocycles. The molecule has 0 atom stereocenters. The summed E-state index contributed by atoms with van der Waals surface area (Å²) >= 11 is 0. The summed E-state index contributed by atoms with van der Waals surface area (Å²) in [6, 6.07) is 114. The average molecular weight is 1430 g/mol. The van der Waals surface area contributed by atoms with Crippen LogP contribution in [0.15, 0.2) is 291 Å². The summed E-state index contributed by atoms with van der Waals surface area (Å²) < 4.78 is 5.12. The molecule has 20 rings (SSSR count). The monoisotopic (exact) mass is 1430 g/mol. The number of hydrogen-bond donors (Lipinski definition) is 0. The SMILES string of the molecule is CC(C)(C)c1ccc(-c2cccc(-c3cccc(C(C)(C)C)c3)c2N2c3cc(-n4c5ccccc5c5ccccc54)ccc3B3c4ccc(-n5c6ccc7cccc8c9cccc%10ccc5c(c%109)c6c78)cc4N(c4c(-c5ccc(C(C)(C)C)cc5)cccc4-c4cccc(C(C)(C)C)c4)c4cc(C(C)(C)C)cc2c43)cc1. The summed E-state index contributed by atoms with van der Waals surface area (Å²) in [6.07, 6.45) is 0. The van der Waals surface area contributed by atoms with Crippen LogP contribution in [-0.2, 0) is 27.1 Å². The Morgan fingerprint density at radius 1 is 0.234 bits per heavy atom. The lowest BCUT2D eigenvalue weighted by Crippen LogP contribution is -2.61. The number of aromatic nitrogens is 2. The van der Waals surface area contributed by atoms with Crippen molar-refractivity contribution in [1.29, 1.82) is 0 Å². The molecule has 18 aromatic rings. The van der Waals surface area contributed by atoms with Crippen molar-refractivity contribution in [1.82, 2.24) is 9.13 Å². The third-order valence-electron chi connectivity index (χ3n) is 24.8. The third-order valence-corrected chi connectivity index (χ3v) is 24.8. The van der Waals surface area contributed by atoms with E-state index in [4.69, 9.17) is 0 Å². The van der Waals surface area contributed by atoms with Gasteiger partial charge < -0.3 is 18.9 Å². The predicted molar refractivity (Wildman–Crippen MR) is 479 cm³/mol. The van der Waals surface area contributed by atoms with Crippen LogP contribution in [0.4, 0.5) is 34.1 Å². The van der Waals surface area contributed by atoms with Crippen molar-refractivity contribution < 1.29 is 0 Å². The van der Waals surface area contributed by atoms with Crippen molar-refractivity contribution in [3.8, 4) is 55.9 Å². The molecule has 4 nitrogen and oxygen atoms in total. The van der Waals surface area contributed by atoms with Crippen LogP contribution >= 0.6 is 0 Å².